The number of nitrogens with zero attached hydrogens (tertiary/aromatic N) is 2. The first-order valence-electron chi connectivity index (χ1n) is 8.73. The summed E-state index contributed by atoms with van der Waals surface area (Å²) in [5.74, 6) is 1.05. The molecule has 0 saturated heterocycles. The zero-order valence-electron chi connectivity index (χ0n) is 14.4. The lowest BCUT2D eigenvalue weighted by Crippen LogP contribution is -2.17. The zero-order valence-corrected chi connectivity index (χ0v) is 15.2. The van der Waals surface area contributed by atoms with Gasteiger partial charge in [0.2, 0.25) is 0 Å². The van der Waals surface area contributed by atoms with Crippen LogP contribution in [0, 0.1) is 0 Å². The molecule has 0 aliphatic carbocycles. The average molecular weight is 362 g/mol. The van der Waals surface area contributed by atoms with Crippen LogP contribution in [0.2, 0.25) is 5.02 Å². The van der Waals surface area contributed by atoms with E-state index >= 15 is 0 Å². The number of benzene rings is 3. The maximum absolute atomic E-state index is 5.95. The Morgan fingerprint density at radius 1 is 0.769 bits per heavy atom. The van der Waals surface area contributed by atoms with Crippen molar-refractivity contribution in [1.29, 1.82) is 0 Å². The van der Waals surface area contributed by atoms with Crippen LogP contribution < -0.4 is 5.32 Å². The van der Waals surface area contributed by atoms with E-state index in [2.05, 4.69) is 52.3 Å². The van der Waals surface area contributed by atoms with Crippen molar-refractivity contribution in [2.24, 2.45) is 0 Å². The van der Waals surface area contributed by atoms with E-state index in [0.29, 0.717) is 6.54 Å². The second kappa shape index (κ2) is 7.73. The van der Waals surface area contributed by atoms with Crippen LogP contribution >= 0.6 is 11.6 Å². The molecule has 3 aromatic carbocycles. The van der Waals surface area contributed by atoms with Crippen LogP contribution in [0.25, 0.3) is 11.0 Å². The number of para-hydroxylation sites is 2. The SMILES string of the molecule is Clc1ccc(CNCc2nc3ccccc3n2Cc2ccccc2)cc1. The molecule has 0 atom stereocenters. The van der Waals surface area contributed by atoms with Crippen LogP contribution in [0.5, 0.6) is 0 Å². The number of halogens is 1. The first kappa shape index (κ1) is 16.8. The molecular weight excluding hydrogens is 342 g/mol. The van der Waals surface area contributed by atoms with Crippen LogP contribution in [-0.2, 0) is 19.6 Å². The molecule has 130 valence electrons. The minimum atomic E-state index is 0.712. The summed E-state index contributed by atoms with van der Waals surface area (Å²) in [5.41, 5.74) is 4.68. The fourth-order valence-corrected chi connectivity index (χ4v) is 3.25. The molecule has 0 bridgehead atoms. The Morgan fingerprint density at radius 2 is 1.50 bits per heavy atom. The van der Waals surface area contributed by atoms with E-state index in [-0.39, 0.29) is 0 Å². The Bertz CT molecular complexity index is 991. The maximum atomic E-state index is 5.95. The lowest BCUT2D eigenvalue weighted by Gasteiger charge is -2.10. The zero-order chi connectivity index (χ0) is 17.8. The number of hydrogen-bond acceptors (Lipinski definition) is 2. The number of rotatable bonds is 6. The molecule has 0 unspecified atom stereocenters. The summed E-state index contributed by atoms with van der Waals surface area (Å²) >= 11 is 5.95. The normalized spacial score (nSPS) is 11.1. The molecule has 4 rings (SSSR count). The molecule has 0 radical (unpaired) electrons. The number of nitrogens with one attached hydrogen (secondary N) is 1. The van der Waals surface area contributed by atoms with Gasteiger partial charge in [-0.2, -0.15) is 0 Å². The quantitative estimate of drug-likeness (QED) is 0.522. The second-order valence-corrected chi connectivity index (χ2v) is 6.75. The van der Waals surface area contributed by atoms with Crippen molar-refractivity contribution in [3.8, 4) is 0 Å². The minimum Gasteiger partial charge on any atom is -0.322 e. The van der Waals surface area contributed by atoms with Crippen molar-refractivity contribution >= 4 is 22.6 Å². The van der Waals surface area contributed by atoms with E-state index < -0.39 is 0 Å². The van der Waals surface area contributed by atoms with Crippen LogP contribution in [0.4, 0.5) is 0 Å². The van der Waals surface area contributed by atoms with Gasteiger partial charge in [-0.25, -0.2) is 4.98 Å². The van der Waals surface area contributed by atoms with Crippen molar-refractivity contribution in [1.82, 2.24) is 14.9 Å². The lowest BCUT2D eigenvalue weighted by molar-refractivity contribution is 0.628. The van der Waals surface area contributed by atoms with E-state index in [1.807, 2.05) is 36.4 Å². The highest BCUT2D eigenvalue weighted by Gasteiger charge is 2.10. The van der Waals surface area contributed by atoms with Crippen LogP contribution in [-0.4, -0.2) is 9.55 Å². The van der Waals surface area contributed by atoms with Crippen LogP contribution in [0.3, 0.4) is 0 Å². The van der Waals surface area contributed by atoms with E-state index in [1.165, 1.54) is 16.6 Å². The van der Waals surface area contributed by atoms with Crippen molar-refractivity contribution in [3.63, 3.8) is 0 Å². The summed E-state index contributed by atoms with van der Waals surface area (Å²) in [4.78, 5) is 4.83. The van der Waals surface area contributed by atoms with Gasteiger partial charge in [-0.05, 0) is 35.4 Å². The summed E-state index contributed by atoms with van der Waals surface area (Å²) in [7, 11) is 0. The molecule has 1 heterocycles. The molecule has 26 heavy (non-hydrogen) atoms. The molecule has 1 aromatic heterocycles. The van der Waals surface area contributed by atoms with Crippen molar-refractivity contribution in [2.45, 2.75) is 19.6 Å². The molecule has 1 N–H and O–H groups in total. The largest absolute Gasteiger partial charge is 0.322 e. The molecule has 0 aliphatic heterocycles. The Kier molecular flexibility index (Phi) is 5.00. The molecule has 4 aromatic rings. The van der Waals surface area contributed by atoms with Crippen molar-refractivity contribution in [3.05, 3.63) is 101 Å². The predicted molar refractivity (Wildman–Crippen MR) is 107 cm³/mol. The van der Waals surface area contributed by atoms with E-state index in [0.717, 1.165) is 29.5 Å². The molecule has 4 heteroatoms. The summed E-state index contributed by atoms with van der Waals surface area (Å²) in [6.45, 7) is 2.31. The standard InChI is InChI=1S/C22H20ClN3/c23-19-12-10-17(11-13-19)14-24-15-22-25-20-8-4-5-9-21(20)26(22)16-18-6-2-1-3-7-18/h1-13,24H,14-16H2. The van der Waals surface area contributed by atoms with Crippen molar-refractivity contribution in [2.75, 3.05) is 0 Å². The van der Waals surface area contributed by atoms with Gasteiger partial charge in [0.05, 0.1) is 17.6 Å². The van der Waals surface area contributed by atoms with Gasteiger partial charge in [-0.3, -0.25) is 0 Å². The van der Waals surface area contributed by atoms with Gasteiger partial charge in [-0.1, -0.05) is 66.2 Å². The molecule has 0 spiro atoms. The third-order valence-electron chi connectivity index (χ3n) is 4.44. The monoisotopic (exact) mass is 361 g/mol. The average Bonchev–Trinajstić information content (AvgIpc) is 3.02. The van der Waals surface area contributed by atoms with Gasteiger partial charge < -0.3 is 9.88 Å². The summed E-state index contributed by atoms with van der Waals surface area (Å²) < 4.78 is 2.29. The Labute approximate surface area is 158 Å². The van der Waals surface area contributed by atoms with Crippen molar-refractivity contribution < 1.29 is 0 Å². The molecular formula is C22H20ClN3. The number of imidazole rings is 1. The number of fused-ring (bicyclic) bond motifs is 1. The minimum absolute atomic E-state index is 0.712. The highest BCUT2D eigenvalue weighted by atomic mass is 35.5. The Morgan fingerprint density at radius 3 is 2.31 bits per heavy atom. The highest BCUT2D eigenvalue weighted by Crippen LogP contribution is 2.18. The Hall–Kier alpha value is -2.62. The third kappa shape index (κ3) is 3.79. The molecule has 0 fully saturated rings. The van der Waals surface area contributed by atoms with Gasteiger partial charge in [-0.15, -0.1) is 0 Å². The van der Waals surface area contributed by atoms with Gasteiger partial charge in [0.15, 0.2) is 0 Å². The third-order valence-corrected chi connectivity index (χ3v) is 4.69. The smallest absolute Gasteiger partial charge is 0.124 e. The lowest BCUT2D eigenvalue weighted by atomic mass is 10.2. The summed E-state index contributed by atoms with van der Waals surface area (Å²) in [6.07, 6.45) is 0. The Balaban J connectivity index is 1.55. The van der Waals surface area contributed by atoms with Gasteiger partial charge in [0.25, 0.3) is 0 Å². The molecule has 0 amide bonds. The van der Waals surface area contributed by atoms with Gasteiger partial charge >= 0.3 is 0 Å². The summed E-state index contributed by atoms with van der Waals surface area (Å²) in [5, 5.41) is 4.26. The molecule has 3 nitrogen and oxygen atoms in total. The first-order chi connectivity index (χ1) is 12.8. The van der Waals surface area contributed by atoms with Crippen LogP contribution in [0.1, 0.15) is 17.0 Å². The fourth-order valence-electron chi connectivity index (χ4n) is 3.12. The topological polar surface area (TPSA) is 29.9 Å². The van der Waals surface area contributed by atoms with Crippen LogP contribution in [0.15, 0.2) is 78.9 Å². The number of hydrogen-bond donors (Lipinski definition) is 1. The highest BCUT2D eigenvalue weighted by molar-refractivity contribution is 6.30. The van der Waals surface area contributed by atoms with E-state index in [1.54, 1.807) is 0 Å². The van der Waals surface area contributed by atoms with E-state index in [4.69, 9.17) is 16.6 Å². The second-order valence-electron chi connectivity index (χ2n) is 6.32. The molecule has 0 saturated carbocycles. The summed E-state index contributed by atoms with van der Waals surface area (Å²) in [6, 6.07) is 26.7. The van der Waals surface area contributed by atoms with Gasteiger partial charge in [0, 0.05) is 18.1 Å². The van der Waals surface area contributed by atoms with Gasteiger partial charge in [0.1, 0.15) is 5.82 Å². The first-order valence-corrected chi connectivity index (χ1v) is 9.10. The number of aromatic nitrogens is 2. The molecule has 0 aliphatic rings. The maximum Gasteiger partial charge on any atom is 0.124 e. The predicted octanol–water partition coefficient (Wildman–Crippen LogP) is 5.03. The fraction of sp³-hybridized carbons (Fsp3) is 0.136. The van der Waals surface area contributed by atoms with E-state index in [9.17, 15) is 0 Å².